The van der Waals surface area contributed by atoms with Gasteiger partial charge in [-0.2, -0.15) is 0 Å². The van der Waals surface area contributed by atoms with Crippen molar-refractivity contribution >= 4 is 15.9 Å². The molecule has 0 spiro atoms. The summed E-state index contributed by atoms with van der Waals surface area (Å²) in [5.41, 5.74) is 10.4. The number of sulfonamides is 1. The van der Waals surface area contributed by atoms with Gasteiger partial charge in [-0.05, 0) is 37.1 Å². The van der Waals surface area contributed by atoms with Gasteiger partial charge in [0.1, 0.15) is 0 Å². The molecule has 6 nitrogen and oxygen atoms in total. The summed E-state index contributed by atoms with van der Waals surface area (Å²) in [6, 6.07) is 5.49. The number of hydrogen-bond acceptors (Lipinski definition) is 4. The summed E-state index contributed by atoms with van der Waals surface area (Å²) in [6.07, 6.45) is 1.19. The second-order valence-corrected chi connectivity index (χ2v) is 6.37. The van der Waals surface area contributed by atoms with E-state index in [4.69, 9.17) is 11.5 Å². The third-order valence-electron chi connectivity index (χ3n) is 3.54. The van der Waals surface area contributed by atoms with Crippen molar-refractivity contribution in [1.82, 2.24) is 4.72 Å². The Hall–Kier alpha value is -1.44. The summed E-state index contributed by atoms with van der Waals surface area (Å²) < 4.78 is 27.3. The summed E-state index contributed by atoms with van der Waals surface area (Å²) >= 11 is 0. The molecule has 112 valence electrons. The molecule has 0 aliphatic rings. The summed E-state index contributed by atoms with van der Waals surface area (Å²) in [5.74, 6) is -0.597. The maximum absolute atomic E-state index is 12.3. The molecule has 0 fully saturated rings. The molecular weight excluding hydrogens is 278 g/mol. The fraction of sp³-hybridized carbons (Fsp3) is 0.462. The minimum atomic E-state index is -3.68. The lowest BCUT2D eigenvalue weighted by Crippen LogP contribution is -2.52. The molecule has 0 saturated heterocycles. The predicted molar refractivity (Wildman–Crippen MR) is 77.6 cm³/mol. The average molecular weight is 299 g/mol. The fourth-order valence-electron chi connectivity index (χ4n) is 1.87. The highest BCUT2D eigenvalue weighted by molar-refractivity contribution is 7.89. The molecule has 0 atom stereocenters. The van der Waals surface area contributed by atoms with Crippen molar-refractivity contribution in [3.8, 4) is 0 Å². The molecule has 7 heteroatoms. The van der Waals surface area contributed by atoms with E-state index in [0.717, 1.165) is 0 Å². The Morgan fingerprint density at radius 2 is 1.70 bits per heavy atom. The molecule has 5 N–H and O–H groups in total. The molecule has 0 bridgehead atoms. The van der Waals surface area contributed by atoms with Crippen LogP contribution >= 0.6 is 0 Å². The molecule has 0 aliphatic carbocycles. The van der Waals surface area contributed by atoms with Crippen LogP contribution in [0.15, 0.2) is 29.2 Å². The van der Waals surface area contributed by atoms with Crippen LogP contribution in [0.4, 0.5) is 0 Å². The monoisotopic (exact) mass is 299 g/mol. The van der Waals surface area contributed by atoms with Crippen molar-refractivity contribution in [3.05, 3.63) is 29.8 Å². The first-order valence-electron chi connectivity index (χ1n) is 6.44. The highest BCUT2D eigenvalue weighted by Gasteiger charge is 2.30. The summed E-state index contributed by atoms with van der Waals surface area (Å²) in [7, 11) is -3.68. The first kappa shape index (κ1) is 16.6. The number of benzene rings is 1. The molecule has 1 aromatic rings. The molecule has 20 heavy (non-hydrogen) atoms. The second kappa shape index (κ2) is 6.34. The average Bonchev–Trinajstić information content (AvgIpc) is 2.45. The van der Waals surface area contributed by atoms with E-state index in [1.807, 2.05) is 13.8 Å². The highest BCUT2D eigenvalue weighted by Crippen LogP contribution is 2.19. The van der Waals surface area contributed by atoms with Gasteiger partial charge >= 0.3 is 0 Å². The van der Waals surface area contributed by atoms with Crippen LogP contribution in [0, 0.1) is 0 Å². The maximum atomic E-state index is 12.3. The Balaban J connectivity index is 3.07. The number of rotatable bonds is 7. The Kier molecular flexibility index (Phi) is 5.27. The largest absolute Gasteiger partial charge is 0.366 e. The van der Waals surface area contributed by atoms with Gasteiger partial charge in [-0.1, -0.05) is 13.8 Å². The third-order valence-corrected chi connectivity index (χ3v) is 5.14. The van der Waals surface area contributed by atoms with Gasteiger partial charge in [-0.3, -0.25) is 4.79 Å². The van der Waals surface area contributed by atoms with Crippen molar-refractivity contribution < 1.29 is 13.2 Å². The topological polar surface area (TPSA) is 115 Å². The Labute approximate surface area is 119 Å². The minimum Gasteiger partial charge on any atom is -0.366 e. The van der Waals surface area contributed by atoms with Gasteiger partial charge in [-0.25, -0.2) is 13.1 Å². The van der Waals surface area contributed by atoms with Crippen LogP contribution < -0.4 is 16.2 Å². The lowest BCUT2D eigenvalue weighted by atomic mass is 9.95. The zero-order valence-corrected chi connectivity index (χ0v) is 12.5. The van der Waals surface area contributed by atoms with Gasteiger partial charge in [-0.15, -0.1) is 0 Å². The SMILES string of the molecule is CCC(CC)(CN)NS(=O)(=O)c1ccc(C(N)=O)cc1. The zero-order chi connectivity index (χ0) is 15.4. The number of primary amides is 1. The molecule has 1 rings (SSSR count). The summed E-state index contributed by atoms with van der Waals surface area (Å²) in [6.45, 7) is 3.99. The van der Waals surface area contributed by atoms with E-state index in [0.29, 0.717) is 12.8 Å². The number of carbonyl (C=O) groups excluding carboxylic acids is 1. The molecule has 1 aromatic carbocycles. The van der Waals surface area contributed by atoms with Crippen LogP contribution in [0.3, 0.4) is 0 Å². The molecule has 0 unspecified atom stereocenters. The second-order valence-electron chi connectivity index (χ2n) is 4.69. The lowest BCUT2D eigenvalue weighted by Gasteiger charge is -2.30. The molecular formula is C13H21N3O3S. The first-order valence-corrected chi connectivity index (χ1v) is 7.92. The quantitative estimate of drug-likeness (QED) is 0.683. The van der Waals surface area contributed by atoms with E-state index in [1.165, 1.54) is 24.3 Å². The van der Waals surface area contributed by atoms with Crippen LogP contribution in [-0.2, 0) is 10.0 Å². The van der Waals surface area contributed by atoms with Gasteiger partial charge in [0.05, 0.1) is 4.90 Å². The van der Waals surface area contributed by atoms with E-state index < -0.39 is 21.5 Å². The molecule has 0 saturated carbocycles. The Morgan fingerprint density at radius 1 is 1.20 bits per heavy atom. The van der Waals surface area contributed by atoms with Crippen LogP contribution in [0.1, 0.15) is 37.0 Å². The van der Waals surface area contributed by atoms with Crippen molar-refractivity contribution in [3.63, 3.8) is 0 Å². The van der Waals surface area contributed by atoms with Gasteiger partial charge < -0.3 is 11.5 Å². The molecule has 0 radical (unpaired) electrons. The van der Waals surface area contributed by atoms with Gasteiger partial charge in [0, 0.05) is 17.6 Å². The number of carbonyl (C=O) groups is 1. The molecule has 1 amide bonds. The first-order chi connectivity index (χ1) is 9.30. The fourth-order valence-corrected chi connectivity index (χ4v) is 3.42. The Bertz CT molecular complexity index is 555. The van der Waals surface area contributed by atoms with Gasteiger partial charge in [0.25, 0.3) is 0 Å². The lowest BCUT2D eigenvalue weighted by molar-refractivity contribution is 0.1000. The highest BCUT2D eigenvalue weighted by atomic mass is 32.2. The maximum Gasteiger partial charge on any atom is 0.248 e. The van der Waals surface area contributed by atoms with Crippen molar-refractivity contribution in [1.29, 1.82) is 0 Å². The molecule has 0 aliphatic heterocycles. The number of nitrogens with one attached hydrogen (secondary N) is 1. The summed E-state index contributed by atoms with van der Waals surface area (Å²) in [4.78, 5) is 11.1. The van der Waals surface area contributed by atoms with Crippen molar-refractivity contribution in [2.75, 3.05) is 6.54 Å². The number of hydrogen-bond donors (Lipinski definition) is 3. The van der Waals surface area contributed by atoms with Crippen molar-refractivity contribution in [2.45, 2.75) is 37.1 Å². The van der Waals surface area contributed by atoms with E-state index in [-0.39, 0.29) is 17.0 Å². The standard InChI is InChI=1S/C13H21N3O3S/c1-3-13(4-2,9-14)16-20(18,19)11-7-5-10(6-8-11)12(15)17/h5-8,16H,3-4,9,14H2,1-2H3,(H2,15,17). The van der Waals surface area contributed by atoms with Crippen molar-refractivity contribution in [2.24, 2.45) is 11.5 Å². The normalized spacial score (nSPS) is 12.3. The number of amides is 1. The van der Waals surface area contributed by atoms with E-state index in [1.54, 1.807) is 0 Å². The van der Waals surface area contributed by atoms with E-state index in [9.17, 15) is 13.2 Å². The van der Waals surface area contributed by atoms with Crippen LogP contribution in [0.5, 0.6) is 0 Å². The molecule has 0 aromatic heterocycles. The van der Waals surface area contributed by atoms with Crippen LogP contribution in [0.25, 0.3) is 0 Å². The predicted octanol–water partition coefficient (Wildman–Crippen LogP) is 0.581. The Morgan fingerprint density at radius 3 is 2.05 bits per heavy atom. The van der Waals surface area contributed by atoms with Crippen LogP contribution in [-0.4, -0.2) is 26.4 Å². The minimum absolute atomic E-state index is 0.0854. The number of nitrogens with two attached hydrogens (primary N) is 2. The molecule has 0 heterocycles. The van der Waals surface area contributed by atoms with E-state index in [2.05, 4.69) is 4.72 Å². The van der Waals surface area contributed by atoms with Gasteiger partial charge in [0.15, 0.2) is 0 Å². The summed E-state index contributed by atoms with van der Waals surface area (Å²) in [5, 5.41) is 0. The van der Waals surface area contributed by atoms with Crippen LogP contribution in [0.2, 0.25) is 0 Å². The third kappa shape index (κ3) is 3.56. The smallest absolute Gasteiger partial charge is 0.248 e. The van der Waals surface area contributed by atoms with Gasteiger partial charge in [0.2, 0.25) is 15.9 Å². The zero-order valence-electron chi connectivity index (χ0n) is 11.7. The van der Waals surface area contributed by atoms with E-state index >= 15 is 0 Å².